The summed E-state index contributed by atoms with van der Waals surface area (Å²) in [5.74, 6) is -0.103. The smallest absolute Gasteiger partial charge is 0.255 e. The normalized spacial score (nSPS) is 12.2. The summed E-state index contributed by atoms with van der Waals surface area (Å²) in [6, 6.07) is 9.08. The van der Waals surface area contributed by atoms with Crippen molar-refractivity contribution in [2.45, 2.75) is 19.9 Å². The van der Waals surface area contributed by atoms with Gasteiger partial charge < -0.3 is 10.6 Å². The average Bonchev–Trinajstić information content (AvgIpc) is 2.83. The lowest BCUT2D eigenvalue weighted by Crippen LogP contribution is -2.29. The molecule has 106 valence electrons. The van der Waals surface area contributed by atoms with Crippen LogP contribution in [-0.4, -0.2) is 17.9 Å². The molecule has 1 aromatic carbocycles. The number of carbonyl (C=O) groups excluding carboxylic acids is 1. The molecule has 1 heterocycles. The van der Waals surface area contributed by atoms with E-state index in [4.69, 9.17) is 17.3 Å². The Hall–Kier alpha value is -1.52. The molecule has 3 nitrogen and oxygen atoms in total. The number of anilines is 1. The van der Waals surface area contributed by atoms with E-state index in [0.29, 0.717) is 16.3 Å². The van der Waals surface area contributed by atoms with Crippen molar-refractivity contribution in [3.05, 3.63) is 50.7 Å². The fourth-order valence-corrected chi connectivity index (χ4v) is 3.18. The number of rotatable bonds is 3. The Balaban J connectivity index is 2.24. The van der Waals surface area contributed by atoms with E-state index in [2.05, 4.69) is 19.1 Å². The monoisotopic (exact) mass is 308 g/mol. The second-order valence-corrected chi connectivity index (χ2v) is 6.51. The van der Waals surface area contributed by atoms with Crippen LogP contribution in [0, 0.1) is 6.92 Å². The summed E-state index contributed by atoms with van der Waals surface area (Å²) in [7, 11) is 1.79. The summed E-state index contributed by atoms with van der Waals surface area (Å²) in [5, 5.41) is 0.386. The Morgan fingerprint density at radius 3 is 2.60 bits per heavy atom. The number of nitrogen functional groups attached to an aromatic ring is 1. The van der Waals surface area contributed by atoms with Gasteiger partial charge in [0.1, 0.15) is 0 Å². The van der Waals surface area contributed by atoms with Crippen molar-refractivity contribution in [2.75, 3.05) is 12.8 Å². The van der Waals surface area contributed by atoms with Crippen molar-refractivity contribution in [3.8, 4) is 0 Å². The van der Waals surface area contributed by atoms with Crippen molar-refractivity contribution in [3.63, 3.8) is 0 Å². The summed E-state index contributed by atoms with van der Waals surface area (Å²) in [4.78, 5) is 16.6. The van der Waals surface area contributed by atoms with Crippen molar-refractivity contribution in [1.82, 2.24) is 4.90 Å². The van der Waals surface area contributed by atoms with Gasteiger partial charge in [-0.05, 0) is 44.2 Å². The van der Waals surface area contributed by atoms with Crippen molar-refractivity contribution >= 4 is 34.5 Å². The summed E-state index contributed by atoms with van der Waals surface area (Å²) in [6.07, 6.45) is 0. The van der Waals surface area contributed by atoms with E-state index < -0.39 is 0 Å². The molecule has 1 unspecified atom stereocenters. The lowest BCUT2D eigenvalue weighted by molar-refractivity contribution is 0.0745. The first-order valence-electron chi connectivity index (χ1n) is 6.28. The van der Waals surface area contributed by atoms with E-state index in [0.717, 1.165) is 4.88 Å². The Morgan fingerprint density at radius 2 is 2.05 bits per heavy atom. The van der Waals surface area contributed by atoms with Gasteiger partial charge in [-0.1, -0.05) is 11.6 Å². The molecule has 2 aromatic rings. The van der Waals surface area contributed by atoms with Crippen LogP contribution in [0.15, 0.2) is 30.3 Å². The van der Waals surface area contributed by atoms with Gasteiger partial charge >= 0.3 is 0 Å². The van der Waals surface area contributed by atoms with Crippen LogP contribution < -0.4 is 5.73 Å². The third-order valence-electron chi connectivity index (χ3n) is 3.30. The van der Waals surface area contributed by atoms with Gasteiger partial charge in [-0.2, -0.15) is 0 Å². The van der Waals surface area contributed by atoms with Gasteiger partial charge in [-0.25, -0.2) is 0 Å². The van der Waals surface area contributed by atoms with Crippen LogP contribution in [0.1, 0.15) is 33.1 Å². The number of aryl methyl sites for hydroxylation is 1. The van der Waals surface area contributed by atoms with Crippen LogP contribution in [0.2, 0.25) is 5.02 Å². The lowest BCUT2D eigenvalue weighted by Gasteiger charge is -2.24. The molecule has 2 N–H and O–H groups in total. The zero-order valence-electron chi connectivity index (χ0n) is 11.7. The SMILES string of the molecule is Cc1ccc(C(C)N(C)C(=O)c2ccc(N)cc2Cl)s1. The fraction of sp³-hybridized carbons (Fsp3) is 0.267. The van der Waals surface area contributed by atoms with Gasteiger partial charge in [0.25, 0.3) is 5.91 Å². The number of nitrogens with zero attached hydrogens (tertiary/aromatic N) is 1. The number of hydrogen-bond donors (Lipinski definition) is 1. The molecule has 0 aliphatic heterocycles. The van der Waals surface area contributed by atoms with Crippen LogP contribution in [0.4, 0.5) is 5.69 Å². The molecule has 0 aliphatic rings. The van der Waals surface area contributed by atoms with Crippen LogP contribution in [0.25, 0.3) is 0 Å². The minimum absolute atomic E-state index is 0.00909. The largest absolute Gasteiger partial charge is 0.399 e. The quantitative estimate of drug-likeness (QED) is 0.867. The molecule has 0 bridgehead atoms. The van der Waals surface area contributed by atoms with Gasteiger partial charge in [-0.3, -0.25) is 4.79 Å². The molecule has 5 heteroatoms. The molecule has 1 amide bonds. The summed E-state index contributed by atoms with van der Waals surface area (Å²) >= 11 is 7.79. The number of halogens is 1. The van der Waals surface area contributed by atoms with Crippen LogP contribution >= 0.6 is 22.9 Å². The molecule has 0 saturated carbocycles. The molecular formula is C15H17ClN2OS. The van der Waals surface area contributed by atoms with E-state index in [1.165, 1.54) is 4.88 Å². The van der Waals surface area contributed by atoms with E-state index >= 15 is 0 Å². The first kappa shape index (κ1) is 14.9. The Labute approximate surface area is 128 Å². The number of amides is 1. The van der Waals surface area contributed by atoms with Gasteiger partial charge in [-0.15, -0.1) is 11.3 Å². The number of benzene rings is 1. The maximum Gasteiger partial charge on any atom is 0.255 e. The first-order valence-corrected chi connectivity index (χ1v) is 7.48. The average molecular weight is 309 g/mol. The van der Waals surface area contributed by atoms with E-state index in [1.54, 1.807) is 41.5 Å². The standard InChI is InChI=1S/C15H17ClN2OS/c1-9-4-7-14(20-9)10(2)18(3)15(19)12-6-5-11(17)8-13(12)16/h4-8,10H,17H2,1-3H3. The summed E-state index contributed by atoms with van der Waals surface area (Å²) < 4.78 is 0. The Bertz CT molecular complexity index is 639. The van der Waals surface area contributed by atoms with Crippen molar-refractivity contribution in [2.24, 2.45) is 0 Å². The molecule has 0 aliphatic carbocycles. The summed E-state index contributed by atoms with van der Waals surface area (Å²) in [6.45, 7) is 4.06. The van der Waals surface area contributed by atoms with E-state index in [1.807, 2.05) is 6.92 Å². The Kier molecular flexibility index (Phi) is 4.35. The second-order valence-electron chi connectivity index (χ2n) is 4.78. The fourth-order valence-electron chi connectivity index (χ4n) is 1.94. The third kappa shape index (κ3) is 2.97. The van der Waals surface area contributed by atoms with Gasteiger partial charge in [0.15, 0.2) is 0 Å². The maximum atomic E-state index is 12.5. The molecule has 1 atom stereocenters. The molecule has 20 heavy (non-hydrogen) atoms. The zero-order valence-corrected chi connectivity index (χ0v) is 13.3. The molecule has 0 saturated heterocycles. The van der Waals surface area contributed by atoms with Crippen molar-refractivity contribution < 1.29 is 4.79 Å². The van der Waals surface area contributed by atoms with Gasteiger partial charge in [0.05, 0.1) is 16.6 Å². The first-order chi connectivity index (χ1) is 9.40. The molecular weight excluding hydrogens is 292 g/mol. The number of carbonyl (C=O) groups is 1. The second kappa shape index (κ2) is 5.85. The molecule has 0 radical (unpaired) electrons. The minimum atomic E-state index is -0.103. The lowest BCUT2D eigenvalue weighted by atomic mass is 10.1. The maximum absolute atomic E-state index is 12.5. The van der Waals surface area contributed by atoms with E-state index in [-0.39, 0.29) is 11.9 Å². The van der Waals surface area contributed by atoms with Gasteiger partial charge in [0, 0.05) is 22.5 Å². The van der Waals surface area contributed by atoms with Crippen LogP contribution in [0.5, 0.6) is 0 Å². The van der Waals surface area contributed by atoms with Crippen molar-refractivity contribution in [1.29, 1.82) is 0 Å². The molecule has 0 spiro atoms. The highest BCUT2D eigenvalue weighted by Gasteiger charge is 2.21. The predicted octanol–water partition coefficient (Wildman–Crippen LogP) is 4.13. The number of nitrogens with two attached hydrogens (primary N) is 1. The summed E-state index contributed by atoms with van der Waals surface area (Å²) in [5.41, 5.74) is 6.68. The molecule has 1 aromatic heterocycles. The van der Waals surface area contributed by atoms with Gasteiger partial charge in [0.2, 0.25) is 0 Å². The molecule has 2 rings (SSSR count). The topological polar surface area (TPSA) is 46.3 Å². The van der Waals surface area contributed by atoms with E-state index in [9.17, 15) is 4.79 Å². The highest BCUT2D eigenvalue weighted by Crippen LogP contribution is 2.29. The molecule has 0 fully saturated rings. The number of hydrogen-bond acceptors (Lipinski definition) is 3. The highest BCUT2D eigenvalue weighted by atomic mass is 35.5. The number of thiophene rings is 1. The van der Waals surface area contributed by atoms with Crippen LogP contribution in [-0.2, 0) is 0 Å². The Morgan fingerprint density at radius 1 is 1.35 bits per heavy atom. The van der Waals surface area contributed by atoms with Crippen LogP contribution in [0.3, 0.4) is 0 Å². The zero-order chi connectivity index (χ0) is 14.9. The third-order valence-corrected chi connectivity index (χ3v) is 4.78. The minimum Gasteiger partial charge on any atom is -0.399 e. The predicted molar refractivity (Wildman–Crippen MR) is 85.4 cm³/mol. The highest BCUT2D eigenvalue weighted by molar-refractivity contribution is 7.12.